The van der Waals surface area contributed by atoms with E-state index in [9.17, 15) is 9.59 Å². The number of rotatable bonds is 5. The Hall–Kier alpha value is -1.85. The minimum Gasteiger partial charge on any atom is -0.330 e. The van der Waals surface area contributed by atoms with E-state index in [0.717, 1.165) is 37.7 Å². The first-order chi connectivity index (χ1) is 13.6. The molecule has 4 nitrogen and oxygen atoms in total. The molecule has 1 aromatic heterocycles. The fourth-order valence-electron chi connectivity index (χ4n) is 4.16. The third-order valence-corrected chi connectivity index (χ3v) is 7.22. The Bertz CT molecular complexity index is 902. The van der Waals surface area contributed by atoms with Crippen LogP contribution in [0.1, 0.15) is 47.7 Å². The van der Waals surface area contributed by atoms with Crippen LogP contribution in [0.4, 0.5) is 0 Å². The van der Waals surface area contributed by atoms with Gasteiger partial charge in [0.05, 0.1) is 6.04 Å². The molecule has 1 atom stereocenters. The number of fused-ring (bicyclic) bond motifs is 1. The second-order valence-corrected chi connectivity index (χ2v) is 9.50. The molecule has 28 heavy (non-hydrogen) atoms. The second-order valence-electron chi connectivity index (χ2n) is 8.06. The molecule has 2 heterocycles. The van der Waals surface area contributed by atoms with Gasteiger partial charge in [-0.3, -0.25) is 9.59 Å². The standard InChI is InChI=1S/C22H23ClN2O2S/c23-16-5-3-14(4-6-16)21-18-10-12-28-19(18)9-11-24(21)20(26)13-25(17-7-8-17)22(27)15-1-2-15/h3-6,10,12,15,17,21H,1-2,7-9,11,13H2. The molecule has 2 aliphatic carbocycles. The van der Waals surface area contributed by atoms with Gasteiger partial charge in [0.15, 0.2) is 0 Å². The number of carbonyl (C=O) groups is 2. The van der Waals surface area contributed by atoms with Crippen molar-refractivity contribution in [3.05, 3.63) is 56.7 Å². The van der Waals surface area contributed by atoms with Gasteiger partial charge in [-0.15, -0.1) is 11.3 Å². The first kappa shape index (κ1) is 18.2. The molecule has 0 bridgehead atoms. The lowest BCUT2D eigenvalue weighted by Crippen LogP contribution is -2.47. The molecule has 5 rings (SSSR count). The minimum atomic E-state index is -0.100. The lowest BCUT2D eigenvalue weighted by atomic mass is 9.93. The summed E-state index contributed by atoms with van der Waals surface area (Å²) in [4.78, 5) is 31.2. The van der Waals surface area contributed by atoms with Crippen LogP contribution in [0.2, 0.25) is 5.02 Å². The second kappa shape index (κ2) is 7.20. The summed E-state index contributed by atoms with van der Waals surface area (Å²) in [5.41, 5.74) is 2.28. The van der Waals surface area contributed by atoms with Gasteiger partial charge >= 0.3 is 0 Å². The zero-order chi connectivity index (χ0) is 19.3. The van der Waals surface area contributed by atoms with Gasteiger partial charge in [-0.05, 0) is 66.8 Å². The van der Waals surface area contributed by atoms with Crippen molar-refractivity contribution < 1.29 is 9.59 Å². The quantitative estimate of drug-likeness (QED) is 0.732. The molecule has 1 aliphatic heterocycles. The fourth-order valence-corrected chi connectivity index (χ4v) is 5.19. The summed E-state index contributed by atoms with van der Waals surface area (Å²) in [5.74, 6) is 0.398. The number of hydrogen-bond donors (Lipinski definition) is 0. The SMILES string of the molecule is O=C(C1CC1)N(CC(=O)N1CCc2sccc2C1c1ccc(Cl)cc1)C1CC1. The van der Waals surface area contributed by atoms with E-state index in [-0.39, 0.29) is 36.4 Å². The lowest BCUT2D eigenvalue weighted by molar-refractivity contribution is -0.143. The lowest BCUT2D eigenvalue weighted by Gasteiger charge is -2.37. The van der Waals surface area contributed by atoms with Crippen molar-refractivity contribution in [3.8, 4) is 0 Å². The number of halogens is 1. The van der Waals surface area contributed by atoms with E-state index < -0.39 is 0 Å². The van der Waals surface area contributed by atoms with Gasteiger partial charge in [0.2, 0.25) is 11.8 Å². The van der Waals surface area contributed by atoms with Crippen molar-refractivity contribution >= 4 is 34.8 Å². The topological polar surface area (TPSA) is 40.6 Å². The van der Waals surface area contributed by atoms with Crippen molar-refractivity contribution in [1.29, 1.82) is 0 Å². The van der Waals surface area contributed by atoms with E-state index in [1.807, 2.05) is 34.1 Å². The molecule has 0 radical (unpaired) electrons. The summed E-state index contributed by atoms with van der Waals surface area (Å²) in [5, 5.41) is 2.80. The molecule has 0 spiro atoms. The van der Waals surface area contributed by atoms with Crippen LogP contribution < -0.4 is 0 Å². The maximum Gasteiger partial charge on any atom is 0.243 e. The van der Waals surface area contributed by atoms with E-state index >= 15 is 0 Å². The predicted octanol–water partition coefficient (Wildman–Crippen LogP) is 4.28. The average molecular weight is 415 g/mol. The van der Waals surface area contributed by atoms with Gasteiger partial charge in [-0.2, -0.15) is 0 Å². The Morgan fingerprint density at radius 3 is 2.54 bits per heavy atom. The van der Waals surface area contributed by atoms with Gasteiger partial charge in [-0.1, -0.05) is 23.7 Å². The molecular formula is C22H23ClN2O2S. The summed E-state index contributed by atoms with van der Waals surface area (Å²) in [6.07, 6.45) is 4.89. The molecule has 2 fully saturated rings. The summed E-state index contributed by atoms with van der Waals surface area (Å²) < 4.78 is 0. The van der Waals surface area contributed by atoms with Gasteiger partial charge in [0.1, 0.15) is 6.54 Å². The van der Waals surface area contributed by atoms with E-state index in [4.69, 9.17) is 11.6 Å². The first-order valence-corrected chi connectivity index (χ1v) is 11.3. The van der Waals surface area contributed by atoms with Gasteiger partial charge in [0, 0.05) is 28.4 Å². The van der Waals surface area contributed by atoms with Crippen LogP contribution in [0.5, 0.6) is 0 Å². The molecule has 2 amide bonds. The molecule has 0 saturated heterocycles. The highest BCUT2D eigenvalue weighted by Crippen LogP contribution is 2.39. The number of hydrogen-bond acceptors (Lipinski definition) is 3. The molecule has 146 valence electrons. The highest BCUT2D eigenvalue weighted by Gasteiger charge is 2.42. The van der Waals surface area contributed by atoms with Crippen LogP contribution in [0.3, 0.4) is 0 Å². The normalized spacial score (nSPS) is 21.3. The summed E-state index contributed by atoms with van der Waals surface area (Å²) in [6.45, 7) is 0.902. The number of amides is 2. The Morgan fingerprint density at radius 2 is 1.86 bits per heavy atom. The third-order valence-electron chi connectivity index (χ3n) is 5.97. The van der Waals surface area contributed by atoms with Crippen LogP contribution >= 0.6 is 22.9 Å². The molecule has 2 saturated carbocycles. The number of carbonyl (C=O) groups excluding carboxylic acids is 2. The number of benzene rings is 1. The molecule has 1 unspecified atom stereocenters. The molecule has 2 aromatic rings. The van der Waals surface area contributed by atoms with Crippen molar-refractivity contribution in [3.63, 3.8) is 0 Å². The van der Waals surface area contributed by atoms with Crippen LogP contribution in [-0.2, 0) is 16.0 Å². The van der Waals surface area contributed by atoms with Gasteiger partial charge < -0.3 is 9.80 Å². The van der Waals surface area contributed by atoms with E-state index in [0.29, 0.717) is 11.6 Å². The first-order valence-electron chi connectivity index (χ1n) is 10.0. The van der Waals surface area contributed by atoms with Crippen LogP contribution in [0, 0.1) is 5.92 Å². The fraction of sp³-hybridized carbons (Fsp3) is 0.455. The third kappa shape index (κ3) is 3.46. The predicted molar refractivity (Wildman–Crippen MR) is 110 cm³/mol. The summed E-state index contributed by atoms with van der Waals surface area (Å²) in [6, 6.07) is 10.1. The summed E-state index contributed by atoms with van der Waals surface area (Å²) in [7, 11) is 0. The Morgan fingerprint density at radius 1 is 1.11 bits per heavy atom. The van der Waals surface area contributed by atoms with Crippen LogP contribution in [0.15, 0.2) is 35.7 Å². The molecule has 3 aliphatic rings. The Kier molecular flexibility index (Phi) is 4.68. The smallest absolute Gasteiger partial charge is 0.243 e. The van der Waals surface area contributed by atoms with Crippen LogP contribution in [0.25, 0.3) is 0 Å². The van der Waals surface area contributed by atoms with Crippen molar-refractivity contribution in [2.45, 2.75) is 44.2 Å². The number of nitrogens with zero attached hydrogens (tertiary/aromatic N) is 2. The average Bonchev–Trinajstić information content (AvgIpc) is 3.62. The summed E-state index contributed by atoms with van der Waals surface area (Å²) >= 11 is 7.84. The van der Waals surface area contributed by atoms with Crippen molar-refractivity contribution in [2.24, 2.45) is 5.92 Å². The molecule has 6 heteroatoms. The van der Waals surface area contributed by atoms with Crippen LogP contribution in [-0.4, -0.2) is 40.7 Å². The highest BCUT2D eigenvalue weighted by molar-refractivity contribution is 7.10. The maximum absolute atomic E-state index is 13.4. The zero-order valence-corrected chi connectivity index (χ0v) is 17.2. The zero-order valence-electron chi connectivity index (χ0n) is 15.6. The maximum atomic E-state index is 13.4. The van der Waals surface area contributed by atoms with E-state index in [1.54, 1.807) is 11.3 Å². The number of thiophene rings is 1. The van der Waals surface area contributed by atoms with E-state index in [2.05, 4.69) is 11.4 Å². The molecule has 1 aromatic carbocycles. The van der Waals surface area contributed by atoms with Gasteiger partial charge in [0.25, 0.3) is 0 Å². The van der Waals surface area contributed by atoms with E-state index in [1.165, 1.54) is 10.4 Å². The molecular weight excluding hydrogens is 392 g/mol. The Labute approximate surface area is 174 Å². The Balaban J connectivity index is 1.42. The van der Waals surface area contributed by atoms with Crippen molar-refractivity contribution in [2.75, 3.05) is 13.1 Å². The minimum absolute atomic E-state index is 0.0534. The van der Waals surface area contributed by atoms with Crippen molar-refractivity contribution in [1.82, 2.24) is 9.80 Å². The largest absolute Gasteiger partial charge is 0.330 e. The monoisotopic (exact) mass is 414 g/mol. The van der Waals surface area contributed by atoms with Gasteiger partial charge in [-0.25, -0.2) is 0 Å². The molecule has 0 N–H and O–H groups in total. The highest BCUT2D eigenvalue weighted by atomic mass is 35.5.